The molecule has 0 amide bonds. The molecule has 18 heavy (non-hydrogen) atoms. The van der Waals surface area contributed by atoms with Gasteiger partial charge in [0.05, 0.1) is 0 Å². The van der Waals surface area contributed by atoms with Crippen molar-refractivity contribution in [3.05, 3.63) is 22.4 Å². The van der Waals surface area contributed by atoms with Crippen LogP contribution in [-0.4, -0.2) is 23.8 Å². The summed E-state index contributed by atoms with van der Waals surface area (Å²) in [5.74, 6) is 0. The van der Waals surface area contributed by atoms with E-state index in [4.69, 9.17) is 0 Å². The van der Waals surface area contributed by atoms with Gasteiger partial charge in [0.25, 0.3) is 0 Å². The zero-order valence-corrected chi connectivity index (χ0v) is 11.6. The van der Waals surface area contributed by atoms with Crippen LogP contribution in [0.3, 0.4) is 0 Å². The summed E-state index contributed by atoms with van der Waals surface area (Å²) in [7, 11) is 0. The van der Waals surface area contributed by atoms with Gasteiger partial charge in [0.2, 0.25) is 0 Å². The molecule has 2 aliphatic carbocycles. The maximum atomic E-state index is 11.5. The van der Waals surface area contributed by atoms with Crippen LogP contribution < -0.4 is 0 Å². The van der Waals surface area contributed by atoms with Crippen LogP contribution in [0.2, 0.25) is 0 Å². The third-order valence-corrected chi connectivity index (χ3v) is 5.13. The Morgan fingerprint density at radius 2 is 2.17 bits per heavy atom. The molecule has 0 radical (unpaired) electrons. The summed E-state index contributed by atoms with van der Waals surface area (Å²) < 4.78 is 0. The summed E-state index contributed by atoms with van der Waals surface area (Å²) in [5, 5.41) is 4.38. The van der Waals surface area contributed by atoms with Gasteiger partial charge in [-0.15, -0.1) is 0 Å². The first-order chi connectivity index (χ1) is 8.81. The summed E-state index contributed by atoms with van der Waals surface area (Å²) in [5.41, 5.74) is 1.38. The van der Waals surface area contributed by atoms with Crippen molar-refractivity contribution in [2.45, 2.75) is 51.1 Å². The number of hydrogen-bond donors (Lipinski definition) is 0. The fraction of sp³-hybridized carbons (Fsp3) is 0.667. The van der Waals surface area contributed by atoms with Crippen molar-refractivity contribution in [1.82, 2.24) is 4.90 Å². The first-order valence-corrected chi connectivity index (χ1v) is 7.97. The molecule has 0 unspecified atom stereocenters. The predicted octanol–water partition coefficient (Wildman–Crippen LogP) is 3.47. The normalized spacial score (nSPS) is 22.5. The van der Waals surface area contributed by atoms with E-state index in [1.165, 1.54) is 37.5 Å². The second-order valence-electron chi connectivity index (χ2n) is 5.96. The second-order valence-corrected chi connectivity index (χ2v) is 6.74. The molecule has 1 aromatic rings. The molecule has 2 nitrogen and oxygen atoms in total. The van der Waals surface area contributed by atoms with Crippen molar-refractivity contribution in [3.63, 3.8) is 0 Å². The SMILES string of the molecule is O=CC1(CN(Cc2ccsc2)C2CC2)CCCC1. The van der Waals surface area contributed by atoms with Crippen molar-refractivity contribution in [2.75, 3.05) is 6.54 Å². The summed E-state index contributed by atoms with van der Waals surface area (Å²) in [4.78, 5) is 14.0. The molecule has 1 aromatic heterocycles. The first-order valence-electron chi connectivity index (χ1n) is 7.03. The van der Waals surface area contributed by atoms with E-state index >= 15 is 0 Å². The number of thiophene rings is 1. The average molecular weight is 263 g/mol. The van der Waals surface area contributed by atoms with Gasteiger partial charge in [0, 0.05) is 24.5 Å². The molecule has 2 saturated carbocycles. The monoisotopic (exact) mass is 263 g/mol. The van der Waals surface area contributed by atoms with Crippen molar-refractivity contribution in [3.8, 4) is 0 Å². The molecule has 0 saturated heterocycles. The van der Waals surface area contributed by atoms with Crippen molar-refractivity contribution >= 4 is 17.6 Å². The Hall–Kier alpha value is -0.670. The zero-order valence-electron chi connectivity index (χ0n) is 10.8. The third kappa shape index (κ3) is 2.67. The topological polar surface area (TPSA) is 20.3 Å². The second kappa shape index (κ2) is 5.14. The minimum absolute atomic E-state index is 0.0292. The standard InChI is InChI=1S/C15H21NOS/c17-12-15(6-1-2-7-15)11-16(14-3-4-14)9-13-5-8-18-10-13/h5,8,10,12,14H,1-4,6-7,9,11H2. The van der Waals surface area contributed by atoms with Crippen LogP contribution in [0.15, 0.2) is 16.8 Å². The molecule has 2 aliphatic rings. The number of rotatable bonds is 6. The van der Waals surface area contributed by atoms with E-state index in [-0.39, 0.29) is 5.41 Å². The van der Waals surface area contributed by atoms with Crippen LogP contribution >= 0.6 is 11.3 Å². The predicted molar refractivity (Wildman–Crippen MR) is 74.7 cm³/mol. The van der Waals surface area contributed by atoms with E-state index in [0.29, 0.717) is 0 Å². The summed E-state index contributed by atoms with van der Waals surface area (Å²) >= 11 is 1.77. The van der Waals surface area contributed by atoms with E-state index in [0.717, 1.165) is 32.0 Å². The van der Waals surface area contributed by atoms with Crippen molar-refractivity contribution in [2.24, 2.45) is 5.41 Å². The van der Waals surface area contributed by atoms with Gasteiger partial charge in [-0.05, 0) is 48.1 Å². The van der Waals surface area contributed by atoms with Crippen molar-refractivity contribution in [1.29, 1.82) is 0 Å². The molecule has 0 aromatic carbocycles. The van der Waals surface area contributed by atoms with Crippen LogP contribution in [0.1, 0.15) is 44.1 Å². The Bertz CT molecular complexity index is 391. The lowest BCUT2D eigenvalue weighted by Crippen LogP contribution is -2.38. The Morgan fingerprint density at radius 3 is 2.72 bits per heavy atom. The highest BCUT2D eigenvalue weighted by atomic mass is 32.1. The molecule has 3 rings (SSSR count). The maximum Gasteiger partial charge on any atom is 0.127 e. The first kappa shape index (κ1) is 12.4. The van der Waals surface area contributed by atoms with E-state index in [1.54, 1.807) is 11.3 Å². The summed E-state index contributed by atoms with van der Waals surface area (Å²) in [6, 6.07) is 2.95. The molecule has 98 valence electrons. The van der Waals surface area contributed by atoms with Gasteiger partial charge in [0.15, 0.2) is 0 Å². The van der Waals surface area contributed by atoms with Gasteiger partial charge >= 0.3 is 0 Å². The number of nitrogens with zero attached hydrogens (tertiary/aromatic N) is 1. The number of hydrogen-bond acceptors (Lipinski definition) is 3. The minimum Gasteiger partial charge on any atom is -0.303 e. The van der Waals surface area contributed by atoms with E-state index in [2.05, 4.69) is 21.7 Å². The summed E-state index contributed by atoms with van der Waals surface area (Å²) in [6.45, 7) is 2.01. The molecule has 0 N–H and O–H groups in total. The van der Waals surface area contributed by atoms with E-state index < -0.39 is 0 Å². The highest BCUT2D eigenvalue weighted by molar-refractivity contribution is 7.07. The number of carbonyl (C=O) groups excluding carboxylic acids is 1. The Morgan fingerprint density at radius 1 is 1.39 bits per heavy atom. The molecule has 1 heterocycles. The molecule has 3 heteroatoms. The lowest BCUT2D eigenvalue weighted by Gasteiger charge is -2.31. The van der Waals surface area contributed by atoms with E-state index in [9.17, 15) is 4.79 Å². The fourth-order valence-electron chi connectivity index (χ4n) is 3.17. The van der Waals surface area contributed by atoms with E-state index in [1.807, 2.05) is 0 Å². The fourth-order valence-corrected chi connectivity index (χ4v) is 3.83. The highest BCUT2D eigenvalue weighted by Gasteiger charge is 2.39. The van der Waals surface area contributed by atoms with Crippen LogP contribution in [-0.2, 0) is 11.3 Å². The zero-order chi connectivity index (χ0) is 12.4. The average Bonchev–Trinajstić information content (AvgIpc) is 2.92. The van der Waals surface area contributed by atoms with Gasteiger partial charge in [-0.3, -0.25) is 4.90 Å². The van der Waals surface area contributed by atoms with Crippen LogP contribution in [0.4, 0.5) is 0 Å². The van der Waals surface area contributed by atoms with Gasteiger partial charge in [-0.1, -0.05) is 12.8 Å². The Balaban J connectivity index is 1.68. The quantitative estimate of drug-likeness (QED) is 0.732. The van der Waals surface area contributed by atoms with Gasteiger partial charge in [-0.2, -0.15) is 11.3 Å². The smallest absolute Gasteiger partial charge is 0.127 e. The molecule has 0 spiro atoms. The number of aldehydes is 1. The lowest BCUT2D eigenvalue weighted by molar-refractivity contribution is -0.117. The maximum absolute atomic E-state index is 11.5. The molecule has 2 fully saturated rings. The van der Waals surface area contributed by atoms with Crippen LogP contribution in [0, 0.1) is 5.41 Å². The van der Waals surface area contributed by atoms with Crippen molar-refractivity contribution < 1.29 is 4.79 Å². The molecular weight excluding hydrogens is 242 g/mol. The van der Waals surface area contributed by atoms with Crippen LogP contribution in [0.25, 0.3) is 0 Å². The summed E-state index contributed by atoms with van der Waals surface area (Å²) in [6.07, 6.45) is 8.55. The molecule has 0 aliphatic heterocycles. The van der Waals surface area contributed by atoms with Crippen LogP contribution in [0.5, 0.6) is 0 Å². The largest absolute Gasteiger partial charge is 0.303 e. The highest BCUT2D eigenvalue weighted by Crippen LogP contribution is 2.40. The molecule has 0 atom stereocenters. The van der Waals surface area contributed by atoms with Gasteiger partial charge in [-0.25, -0.2) is 0 Å². The minimum atomic E-state index is -0.0292. The Labute approximate surface area is 113 Å². The Kier molecular flexibility index (Phi) is 3.53. The molecular formula is C15H21NOS. The van der Waals surface area contributed by atoms with Gasteiger partial charge < -0.3 is 4.79 Å². The number of carbonyl (C=O) groups is 1. The van der Waals surface area contributed by atoms with Gasteiger partial charge in [0.1, 0.15) is 6.29 Å². The lowest BCUT2D eigenvalue weighted by atomic mass is 9.87. The third-order valence-electron chi connectivity index (χ3n) is 4.40. The molecule has 0 bridgehead atoms.